The van der Waals surface area contributed by atoms with Gasteiger partial charge in [-0.05, 0) is 70.8 Å². The smallest absolute Gasteiger partial charge is 0.249 e. The van der Waals surface area contributed by atoms with Crippen molar-refractivity contribution in [1.29, 1.82) is 0 Å². The number of carbonyl (C=O) groups is 4. The molecular weight excluding hydrogens is 566 g/mol. The fourth-order valence-corrected chi connectivity index (χ4v) is 6.74. The van der Waals surface area contributed by atoms with Crippen LogP contribution in [0.4, 0.5) is 0 Å². The number of likely N-dealkylation sites (tertiary alicyclic amines) is 2. The molecule has 0 aliphatic carbocycles. The summed E-state index contributed by atoms with van der Waals surface area (Å²) >= 11 is 0. The molecule has 4 amide bonds. The highest BCUT2D eigenvalue weighted by Gasteiger charge is 2.40. The minimum atomic E-state index is -0.717. The second-order valence-electron chi connectivity index (χ2n) is 15.0. The van der Waals surface area contributed by atoms with Crippen molar-refractivity contribution in [3.63, 3.8) is 0 Å². The summed E-state index contributed by atoms with van der Waals surface area (Å²) in [6.45, 7) is 20.3. The molecule has 2 rings (SSSR count). The van der Waals surface area contributed by atoms with Crippen LogP contribution in [0.2, 0.25) is 0 Å². The van der Waals surface area contributed by atoms with Gasteiger partial charge in [0, 0.05) is 31.8 Å². The topological polar surface area (TPSA) is 102 Å². The van der Waals surface area contributed by atoms with Gasteiger partial charge in [-0.15, -0.1) is 0 Å². The van der Waals surface area contributed by atoms with E-state index < -0.39 is 17.5 Å². The number of nitrogens with zero attached hydrogens (tertiary/aromatic N) is 3. The number of carbonyl (C=O) groups excluding carboxylic acids is 4. The van der Waals surface area contributed by atoms with E-state index in [4.69, 9.17) is 0 Å². The summed E-state index contributed by atoms with van der Waals surface area (Å²) in [6.07, 6.45) is 11.8. The molecule has 2 fully saturated rings. The lowest BCUT2D eigenvalue weighted by Gasteiger charge is -2.41. The maximum atomic E-state index is 14.1. The number of nitrogens with one attached hydrogen (secondary N) is 2. The van der Waals surface area contributed by atoms with Gasteiger partial charge in [0.25, 0.3) is 0 Å². The quantitative estimate of drug-likeness (QED) is 0.189. The van der Waals surface area contributed by atoms with Crippen molar-refractivity contribution >= 4 is 23.6 Å². The lowest BCUT2D eigenvalue weighted by atomic mass is 9.84. The van der Waals surface area contributed by atoms with Gasteiger partial charge in [0.15, 0.2) is 0 Å². The molecule has 0 aromatic rings. The van der Waals surface area contributed by atoms with Crippen molar-refractivity contribution in [3.8, 4) is 0 Å². The Morgan fingerprint density at radius 3 is 2.13 bits per heavy atom. The van der Waals surface area contributed by atoms with E-state index in [0.29, 0.717) is 25.1 Å². The third-order valence-electron chi connectivity index (χ3n) is 9.54. The van der Waals surface area contributed by atoms with E-state index >= 15 is 0 Å². The molecule has 2 aliphatic rings. The average Bonchev–Trinajstić information content (AvgIpc) is 3.48. The van der Waals surface area contributed by atoms with Crippen molar-refractivity contribution in [2.24, 2.45) is 11.3 Å². The second kappa shape index (κ2) is 18.1. The van der Waals surface area contributed by atoms with Gasteiger partial charge in [-0.25, -0.2) is 0 Å². The lowest BCUT2D eigenvalue weighted by Crippen LogP contribution is -2.60. The molecule has 2 saturated heterocycles. The Bertz CT molecular complexity index is 1020. The van der Waals surface area contributed by atoms with Crippen LogP contribution in [0, 0.1) is 11.3 Å². The van der Waals surface area contributed by atoms with Crippen LogP contribution in [0.5, 0.6) is 0 Å². The molecule has 0 unspecified atom stereocenters. The molecule has 0 aromatic carbocycles. The van der Waals surface area contributed by atoms with E-state index in [1.807, 2.05) is 40.7 Å². The van der Waals surface area contributed by atoms with Crippen molar-refractivity contribution in [1.82, 2.24) is 25.3 Å². The molecule has 2 heterocycles. The first kappa shape index (κ1) is 38.8. The first-order valence-corrected chi connectivity index (χ1v) is 17.7. The van der Waals surface area contributed by atoms with Crippen LogP contribution < -0.4 is 10.6 Å². The minimum absolute atomic E-state index is 0.0261. The Balaban J connectivity index is 2.16. The largest absolute Gasteiger partial charge is 0.354 e. The van der Waals surface area contributed by atoms with Gasteiger partial charge in [-0.1, -0.05) is 79.7 Å². The van der Waals surface area contributed by atoms with Gasteiger partial charge < -0.3 is 20.4 Å². The van der Waals surface area contributed by atoms with Crippen LogP contribution >= 0.6 is 0 Å². The zero-order valence-electron chi connectivity index (χ0n) is 30.2. The number of piperidine rings is 1. The Morgan fingerprint density at radius 2 is 1.53 bits per heavy atom. The molecule has 2 aliphatic heterocycles. The fourth-order valence-electron chi connectivity index (χ4n) is 6.74. The van der Waals surface area contributed by atoms with Gasteiger partial charge >= 0.3 is 0 Å². The van der Waals surface area contributed by atoms with E-state index in [2.05, 4.69) is 36.3 Å². The predicted octanol–water partition coefficient (Wildman–Crippen LogP) is 5.29. The number of hydrogen-bond acceptors (Lipinski definition) is 5. The van der Waals surface area contributed by atoms with E-state index in [-0.39, 0.29) is 47.7 Å². The van der Waals surface area contributed by atoms with E-state index in [1.54, 1.807) is 23.8 Å². The van der Waals surface area contributed by atoms with Crippen LogP contribution in [0.25, 0.3) is 0 Å². The van der Waals surface area contributed by atoms with Crippen molar-refractivity contribution in [2.45, 2.75) is 157 Å². The Morgan fingerprint density at radius 1 is 0.889 bits per heavy atom. The zero-order valence-corrected chi connectivity index (χ0v) is 30.2. The third-order valence-corrected chi connectivity index (χ3v) is 9.54. The highest BCUT2D eigenvalue weighted by Crippen LogP contribution is 2.27. The van der Waals surface area contributed by atoms with Crippen LogP contribution in [0.1, 0.15) is 127 Å². The Labute approximate surface area is 274 Å². The van der Waals surface area contributed by atoms with Crippen LogP contribution in [0.15, 0.2) is 11.6 Å². The number of unbranched alkanes of at least 4 members (excludes halogenated alkanes) is 4. The SMILES string of the molecule is CCCCCCCNC(=O)[C@@H]1CCCN1C(=O)/C(C)=C/[C@H](C(C)C)N(C)C(=O)[C@@H](NC(=O)[C@H]1CCCCN1C(C)C)C(C)(C)C. The first-order chi connectivity index (χ1) is 21.1. The van der Waals surface area contributed by atoms with Gasteiger partial charge in [0.1, 0.15) is 12.1 Å². The summed E-state index contributed by atoms with van der Waals surface area (Å²) in [4.78, 5) is 60.0. The summed E-state index contributed by atoms with van der Waals surface area (Å²) < 4.78 is 0. The monoisotopic (exact) mass is 632 g/mol. The van der Waals surface area contributed by atoms with Crippen LogP contribution in [-0.4, -0.2) is 95.2 Å². The maximum Gasteiger partial charge on any atom is 0.249 e. The number of amides is 4. The summed E-state index contributed by atoms with van der Waals surface area (Å²) in [5, 5.41) is 6.19. The Kier molecular flexibility index (Phi) is 15.6. The normalized spacial score (nSPS) is 21.2. The molecule has 258 valence electrons. The van der Waals surface area contributed by atoms with Gasteiger partial charge in [0.2, 0.25) is 23.6 Å². The van der Waals surface area contributed by atoms with Gasteiger partial charge in [0.05, 0.1) is 12.1 Å². The summed E-state index contributed by atoms with van der Waals surface area (Å²) in [6, 6.07) is -1.53. The molecule has 0 aromatic heterocycles. The van der Waals surface area contributed by atoms with E-state index in [0.717, 1.165) is 45.1 Å². The van der Waals surface area contributed by atoms with Crippen molar-refractivity contribution < 1.29 is 19.2 Å². The molecule has 9 heteroatoms. The summed E-state index contributed by atoms with van der Waals surface area (Å²) in [7, 11) is 1.76. The summed E-state index contributed by atoms with van der Waals surface area (Å²) in [5.41, 5.74) is 0.0133. The Hall–Kier alpha value is -2.42. The molecule has 9 nitrogen and oxygen atoms in total. The number of likely N-dealkylation sites (N-methyl/N-ethyl adjacent to an activating group) is 1. The van der Waals surface area contributed by atoms with Crippen LogP contribution in [-0.2, 0) is 19.2 Å². The average molecular weight is 632 g/mol. The second-order valence-corrected chi connectivity index (χ2v) is 15.0. The molecule has 0 spiro atoms. The van der Waals surface area contributed by atoms with Crippen LogP contribution in [0.3, 0.4) is 0 Å². The lowest BCUT2D eigenvalue weighted by molar-refractivity contribution is -0.142. The molecular formula is C36H65N5O4. The first-order valence-electron chi connectivity index (χ1n) is 17.7. The van der Waals surface area contributed by atoms with Crippen molar-refractivity contribution in [2.75, 3.05) is 26.7 Å². The van der Waals surface area contributed by atoms with Gasteiger partial charge in [-0.3, -0.25) is 24.1 Å². The molecule has 0 saturated carbocycles. The maximum absolute atomic E-state index is 14.1. The molecule has 0 bridgehead atoms. The molecule has 45 heavy (non-hydrogen) atoms. The molecule has 0 radical (unpaired) electrons. The molecule has 4 atom stereocenters. The number of hydrogen-bond donors (Lipinski definition) is 2. The minimum Gasteiger partial charge on any atom is -0.354 e. The zero-order chi connectivity index (χ0) is 33.9. The third kappa shape index (κ3) is 11.1. The van der Waals surface area contributed by atoms with E-state index in [9.17, 15) is 19.2 Å². The fraction of sp³-hybridized carbons (Fsp3) is 0.833. The number of rotatable bonds is 15. The predicted molar refractivity (Wildman–Crippen MR) is 183 cm³/mol. The molecule has 2 N–H and O–H groups in total. The highest BCUT2D eigenvalue weighted by atomic mass is 16.2. The van der Waals surface area contributed by atoms with E-state index in [1.165, 1.54) is 19.3 Å². The standard InChI is InChI=1S/C36H65N5O4/c1-11-12-13-14-16-21-37-32(42)28-20-18-23-41(28)34(44)27(6)24-30(25(2)3)39(10)35(45)31(36(7,8)9)38-33(43)29-19-15-17-22-40(29)26(4)5/h24-26,28-31H,11-23H2,1-10H3,(H,37,42)(H,38,43)/b27-24+/t28-,29+,30+,31+/m0/s1. The van der Waals surface area contributed by atoms with Crippen molar-refractivity contribution in [3.05, 3.63) is 11.6 Å². The highest BCUT2D eigenvalue weighted by molar-refractivity contribution is 5.97. The van der Waals surface area contributed by atoms with Gasteiger partial charge in [-0.2, -0.15) is 0 Å². The summed E-state index contributed by atoms with van der Waals surface area (Å²) in [5.74, 6) is -0.468.